The van der Waals surface area contributed by atoms with Gasteiger partial charge in [-0.2, -0.15) is 0 Å². The van der Waals surface area contributed by atoms with Crippen molar-refractivity contribution in [3.05, 3.63) is 64.5 Å². The van der Waals surface area contributed by atoms with Crippen LogP contribution in [0.2, 0.25) is 0 Å². The second kappa shape index (κ2) is 5.73. The van der Waals surface area contributed by atoms with E-state index in [4.69, 9.17) is 5.11 Å². The predicted molar refractivity (Wildman–Crippen MR) is 89.4 cm³/mol. The molecular weight excluding hydrogens is 294 g/mol. The van der Waals surface area contributed by atoms with Crippen LogP contribution in [0.5, 0.6) is 0 Å². The maximum atomic E-state index is 11.1. The van der Waals surface area contributed by atoms with Crippen LogP contribution in [0.1, 0.15) is 21.5 Å². The van der Waals surface area contributed by atoms with Crippen LogP contribution >= 0.6 is 11.3 Å². The van der Waals surface area contributed by atoms with E-state index in [0.29, 0.717) is 0 Å². The fourth-order valence-corrected chi connectivity index (χ4v) is 3.23. The molecule has 2 aromatic carbocycles. The predicted octanol–water partition coefficient (Wildman–Crippen LogP) is 4.79. The van der Waals surface area contributed by atoms with Gasteiger partial charge in [-0.05, 0) is 31.5 Å². The number of benzene rings is 2. The highest BCUT2D eigenvalue weighted by Gasteiger charge is 2.10. The van der Waals surface area contributed by atoms with Crippen molar-refractivity contribution in [2.75, 3.05) is 0 Å². The molecule has 0 bridgehead atoms. The van der Waals surface area contributed by atoms with E-state index in [1.165, 1.54) is 22.5 Å². The molecule has 0 atom stereocenters. The summed E-state index contributed by atoms with van der Waals surface area (Å²) in [7, 11) is 0. The molecule has 0 radical (unpaired) electrons. The van der Waals surface area contributed by atoms with Gasteiger partial charge < -0.3 is 5.11 Å². The van der Waals surface area contributed by atoms with E-state index in [2.05, 4.69) is 37.0 Å². The number of carboxylic acids is 1. The van der Waals surface area contributed by atoms with Crippen LogP contribution in [0.25, 0.3) is 21.8 Å². The Labute approximate surface area is 132 Å². The highest BCUT2D eigenvalue weighted by Crippen LogP contribution is 2.31. The Kier molecular flexibility index (Phi) is 3.77. The van der Waals surface area contributed by atoms with Gasteiger partial charge in [0.2, 0.25) is 0 Å². The molecular formula is C18H15NO2S. The van der Waals surface area contributed by atoms with Gasteiger partial charge in [0, 0.05) is 16.5 Å². The topological polar surface area (TPSA) is 50.2 Å². The van der Waals surface area contributed by atoms with Gasteiger partial charge in [-0.15, -0.1) is 11.3 Å². The lowest BCUT2D eigenvalue weighted by Crippen LogP contribution is -1.95. The summed E-state index contributed by atoms with van der Waals surface area (Å²) in [6.07, 6.45) is 0. The molecule has 0 saturated heterocycles. The summed E-state index contributed by atoms with van der Waals surface area (Å²) in [4.78, 5) is 15.7. The molecule has 0 saturated carbocycles. The van der Waals surface area contributed by atoms with Crippen molar-refractivity contribution >= 4 is 17.3 Å². The molecule has 1 N–H and O–H groups in total. The number of hydrogen-bond donors (Lipinski definition) is 1. The zero-order valence-corrected chi connectivity index (χ0v) is 13.1. The summed E-state index contributed by atoms with van der Waals surface area (Å²) in [6, 6.07) is 13.2. The molecule has 0 unspecified atom stereocenters. The third-order valence-corrected chi connectivity index (χ3v) is 4.41. The van der Waals surface area contributed by atoms with E-state index in [0.717, 1.165) is 21.8 Å². The maximum Gasteiger partial charge on any atom is 0.335 e. The molecule has 0 spiro atoms. The van der Waals surface area contributed by atoms with Crippen LogP contribution < -0.4 is 0 Å². The lowest BCUT2D eigenvalue weighted by Gasteiger charge is -2.03. The number of carboxylic acid groups (broad SMARTS) is 1. The van der Waals surface area contributed by atoms with Crippen LogP contribution in [0, 0.1) is 13.8 Å². The minimum absolute atomic E-state index is 0.278. The molecule has 4 heteroatoms. The highest BCUT2D eigenvalue weighted by atomic mass is 32.1. The monoisotopic (exact) mass is 309 g/mol. The second-order valence-corrected chi connectivity index (χ2v) is 6.10. The Morgan fingerprint density at radius 3 is 2.68 bits per heavy atom. The van der Waals surface area contributed by atoms with Gasteiger partial charge in [0.1, 0.15) is 5.01 Å². The summed E-state index contributed by atoms with van der Waals surface area (Å²) in [5, 5.41) is 11.9. The van der Waals surface area contributed by atoms with E-state index in [1.54, 1.807) is 18.2 Å². The maximum absolute atomic E-state index is 11.1. The Morgan fingerprint density at radius 2 is 1.95 bits per heavy atom. The first kappa shape index (κ1) is 14.5. The molecule has 0 aliphatic carbocycles. The van der Waals surface area contributed by atoms with Crippen LogP contribution in [-0.2, 0) is 0 Å². The van der Waals surface area contributed by atoms with Gasteiger partial charge in [-0.3, -0.25) is 0 Å². The van der Waals surface area contributed by atoms with Crippen LogP contribution in [0.3, 0.4) is 0 Å². The zero-order chi connectivity index (χ0) is 15.7. The molecule has 3 rings (SSSR count). The number of nitrogens with zero attached hydrogens (tertiary/aromatic N) is 1. The van der Waals surface area contributed by atoms with E-state index in [9.17, 15) is 4.79 Å². The SMILES string of the molecule is Cc1ccc(-c2csc(-c3cccc(C(=O)O)c3)n2)c(C)c1. The summed E-state index contributed by atoms with van der Waals surface area (Å²) < 4.78 is 0. The first-order chi connectivity index (χ1) is 10.5. The van der Waals surface area contributed by atoms with Gasteiger partial charge >= 0.3 is 5.97 Å². The number of aryl methyl sites for hydroxylation is 2. The van der Waals surface area contributed by atoms with Crippen molar-refractivity contribution in [1.82, 2.24) is 4.98 Å². The summed E-state index contributed by atoms with van der Waals surface area (Å²) in [6.45, 7) is 4.15. The number of carbonyl (C=O) groups is 1. The van der Waals surface area contributed by atoms with Crippen molar-refractivity contribution in [2.24, 2.45) is 0 Å². The molecule has 0 aliphatic rings. The quantitative estimate of drug-likeness (QED) is 0.756. The zero-order valence-electron chi connectivity index (χ0n) is 12.3. The van der Waals surface area contributed by atoms with E-state index < -0.39 is 5.97 Å². The number of aromatic carboxylic acids is 1. The fraction of sp³-hybridized carbons (Fsp3) is 0.111. The van der Waals surface area contributed by atoms with Gasteiger partial charge in [-0.25, -0.2) is 9.78 Å². The van der Waals surface area contributed by atoms with E-state index in [1.807, 2.05) is 11.4 Å². The molecule has 3 aromatic rings. The minimum atomic E-state index is -0.923. The lowest BCUT2D eigenvalue weighted by molar-refractivity contribution is 0.0697. The molecule has 0 fully saturated rings. The highest BCUT2D eigenvalue weighted by molar-refractivity contribution is 7.13. The second-order valence-electron chi connectivity index (χ2n) is 5.24. The first-order valence-corrected chi connectivity index (χ1v) is 7.79. The van der Waals surface area contributed by atoms with Crippen molar-refractivity contribution in [1.29, 1.82) is 0 Å². The van der Waals surface area contributed by atoms with E-state index in [-0.39, 0.29) is 5.56 Å². The first-order valence-electron chi connectivity index (χ1n) is 6.91. The number of thiazole rings is 1. The average Bonchev–Trinajstić information content (AvgIpc) is 2.97. The largest absolute Gasteiger partial charge is 0.478 e. The van der Waals surface area contributed by atoms with E-state index >= 15 is 0 Å². The summed E-state index contributed by atoms with van der Waals surface area (Å²) in [5.74, 6) is -0.923. The average molecular weight is 309 g/mol. The van der Waals surface area contributed by atoms with Crippen LogP contribution in [0.4, 0.5) is 0 Å². The number of rotatable bonds is 3. The van der Waals surface area contributed by atoms with Crippen molar-refractivity contribution < 1.29 is 9.90 Å². The summed E-state index contributed by atoms with van der Waals surface area (Å²) in [5.41, 5.74) is 5.57. The van der Waals surface area contributed by atoms with Gasteiger partial charge in [0.25, 0.3) is 0 Å². The van der Waals surface area contributed by atoms with Gasteiger partial charge in [0.15, 0.2) is 0 Å². The van der Waals surface area contributed by atoms with Crippen molar-refractivity contribution in [2.45, 2.75) is 13.8 Å². The third-order valence-electron chi connectivity index (χ3n) is 3.52. The Hall–Kier alpha value is -2.46. The molecule has 0 aliphatic heterocycles. The lowest BCUT2D eigenvalue weighted by atomic mass is 10.0. The summed E-state index contributed by atoms with van der Waals surface area (Å²) >= 11 is 1.53. The number of aromatic nitrogens is 1. The smallest absolute Gasteiger partial charge is 0.335 e. The standard InChI is InChI=1S/C18H15NO2S/c1-11-6-7-15(12(2)8-11)16-10-22-17(19-16)13-4-3-5-14(9-13)18(20)21/h3-10H,1-2H3,(H,20,21). The van der Waals surface area contributed by atoms with Gasteiger partial charge in [-0.1, -0.05) is 35.9 Å². The molecule has 3 nitrogen and oxygen atoms in total. The van der Waals surface area contributed by atoms with Crippen molar-refractivity contribution in [3.8, 4) is 21.8 Å². The Morgan fingerprint density at radius 1 is 1.14 bits per heavy atom. The molecule has 0 amide bonds. The third kappa shape index (κ3) is 2.78. The fourth-order valence-electron chi connectivity index (χ4n) is 2.42. The number of hydrogen-bond acceptors (Lipinski definition) is 3. The van der Waals surface area contributed by atoms with Crippen LogP contribution in [-0.4, -0.2) is 16.1 Å². The minimum Gasteiger partial charge on any atom is -0.478 e. The van der Waals surface area contributed by atoms with Gasteiger partial charge in [0.05, 0.1) is 11.3 Å². The van der Waals surface area contributed by atoms with Crippen LogP contribution in [0.15, 0.2) is 47.8 Å². The Balaban J connectivity index is 2.00. The molecule has 110 valence electrons. The Bertz CT molecular complexity index is 852. The molecule has 1 heterocycles. The van der Waals surface area contributed by atoms with Crippen molar-refractivity contribution in [3.63, 3.8) is 0 Å². The molecule has 22 heavy (non-hydrogen) atoms. The molecule has 1 aromatic heterocycles. The normalized spacial score (nSPS) is 10.6.